The Morgan fingerprint density at radius 2 is 2.22 bits per heavy atom. The van der Waals surface area contributed by atoms with Crippen molar-refractivity contribution >= 4 is 22.8 Å². The Morgan fingerprint density at radius 3 is 2.93 bits per heavy atom. The Balaban J connectivity index is 1.58. The molecule has 1 aliphatic heterocycles. The predicted molar refractivity (Wildman–Crippen MR) is 98.8 cm³/mol. The Morgan fingerprint density at radius 1 is 1.44 bits per heavy atom. The number of carbonyl (C=O) groups is 1. The minimum Gasteiger partial charge on any atom is -0.464 e. The van der Waals surface area contributed by atoms with E-state index in [-0.39, 0.29) is 17.7 Å². The first kappa shape index (κ1) is 18.9. The molecule has 9 nitrogen and oxygen atoms in total. The van der Waals surface area contributed by atoms with Crippen LogP contribution >= 0.6 is 0 Å². The van der Waals surface area contributed by atoms with E-state index in [4.69, 9.17) is 9.47 Å². The summed E-state index contributed by atoms with van der Waals surface area (Å²) >= 11 is 0. The highest BCUT2D eigenvalue weighted by Crippen LogP contribution is 2.23. The summed E-state index contributed by atoms with van der Waals surface area (Å²) in [5.74, 6) is 0.175. The summed E-state index contributed by atoms with van der Waals surface area (Å²) in [6.07, 6.45) is 1.54. The van der Waals surface area contributed by atoms with Crippen LogP contribution in [-0.2, 0) is 4.74 Å². The smallest absolute Gasteiger partial charge is 0.410 e. The zero-order valence-corrected chi connectivity index (χ0v) is 15.7. The van der Waals surface area contributed by atoms with Gasteiger partial charge >= 0.3 is 6.09 Å². The first-order valence-electron chi connectivity index (χ1n) is 8.96. The van der Waals surface area contributed by atoms with Crippen LogP contribution in [0, 0.1) is 16.0 Å². The SMILES string of the molecule is CC(C)(C)OC(=O)N1CCC[C@@H](COc2nc3ccc([N+](=O)[O-])cc3[nH]2)C1. The number of nitrogens with one attached hydrogen (secondary N) is 1. The number of likely N-dealkylation sites (tertiary alicyclic amines) is 1. The summed E-state index contributed by atoms with van der Waals surface area (Å²) in [6, 6.07) is 4.74. The lowest BCUT2D eigenvalue weighted by Gasteiger charge is -2.33. The van der Waals surface area contributed by atoms with Gasteiger partial charge < -0.3 is 19.4 Å². The maximum Gasteiger partial charge on any atom is 0.410 e. The summed E-state index contributed by atoms with van der Waals surface area (Å²) in [7, 11) is 0. The minimum absolute atomic E-state index is 0.00187. The van der Waals surface area contributed by atoms with Gasteiger partial charge in [0.05, 0.1) is 22.6 Å². The highest BCUT2D eigenvalue weighted by molar-refractivity contribution is 5.78. The number of ether oxygens (including phenoxy) is 2. The number of nitrogens with zero attached hydrogens (tertiary/aromatic N) is 3. The molecule has 0 bridgehead atoms. The van der Waals surface area contributed by atoms with Crippen LogP contribution in [0.5, 0.6) is 6.01 Å². The third kappa shape index (κ3) is 4.87. The molecule has 1 aromatic heterocycles. The average molecular weight is 376 g/mol. The second kappa shape index (κ2) is 7.42. The number of H-pyrrole nitrogens is 1. The molecule has 1 N–H and O–H groups in total. The maximum absolute atomic E-state index is 12.2. The molecule has 1 saturated heterocycles. The quantitative estimate of drug-likeness (QED) is 0.646. The van der Waals surface area contributed by atoms with Crippen molar-refractivity contribution < 1.29 is 19.2 Å². The molecule has 0 spiro atoms. The van der Waals surface area contributed by atoms with Crippen molar-refractivity contribution in [3.63, 3.8) is 0 Å². The van der Waals surface area contributed by atoms with Crippen LogP contribution in [0.2, 0.25) is 0 Å². The van der Waals surface area contributed by atoms with Gasteiger partial charge in [-0.05, 0) is 39.7 Å². The van der Waals surface area contributed by atoms with E-state index < -0.39 is 10.5 Å². The molecule has 3 rings (SSSR count). The van der Waals surface area contributed by atoms with Crippen molar-refractivity contribution in [1.82, 2.24) is 14.9 Å². The number of aromatic nitrogens is 2. The van der Waals surface area contributed by atoms with Crippen LogP contribution in [0.1, 0.15) is 33.6 Å². The summed E-state index contributed by atoms with van der Waals surface area (Å²) in [5.41, 5.74) is 0.642. The molecule has 1 atom stereocenters. The largest absolute Gasteiger partial charge is 0.464 e. The molecule has 2 aromatic rings. The number of nitro benzene ring substituents is 1. The molecule has 1 amide bonds. The van der Waals surface area contributed by atoms with E-state index in [0.29, 0.717) is 36.7 Å². The molecule has 146 valence electrons. The summed E-state index contributed by atoms with van der Waals surface area (Å²) in [4.78, 5) is 31.6. The number of amides is 1. The van der Waals surface area contributed by atoms with Crippen molar-refractivity contribution in [3.05, 3.63) is 28.3 Å². The molecule has 1 aromatic carbocycles. The van der Waals surface area contributed by atoms with Crippen LogP contribution in [0.3, 0.4) is 0 Å². The number of non-ortho nitro benzene ring substituents is 1. The first-order valence-corrected chi connectivity index (χ1v) is 8.96. The Labute approximate surface area is 156 Å². The van der Waals surface area contributed by atoms with Crippen LogP contribution < -0.4 is 4.74 Å². The predicted octanol–water partition coefficient (Wildman–Crippen LogP) is 3.50. The Bertz CT molecular complexity index is 842. The second-order valence-corrected chi connectivity index (χ2v) is 7.75. The third-order valence-corrected chi connectivity index (χ3v) is 4.28. The second-order valence-electron chi connectivity index (χ2n) is 7.75. The number of rotatable bonds is 4. The lowest BCUT2D eigenvalue weighted by atomic mass is 9.99. The number of piperidine rings is 1. The summed E-state index contributed by atoms with van der Waals surface area (Å²) in [6.45, 7) is 7.20. The average Bonchev–Trinajstić information content (AvgIpc) is 3.00. The number of benzene rings is 1. The molecule has 27 heavy (non-hydrogen) atoms. The standard InChI is InChI=1S/C18H24N4O5/c1-18(2,3)27-17(23)21-8-4-5-12(10-21)11-26-16-19-14-7-6-13(22(24)25)9-15(14)20-16/h6-7,9,12H,4-5,8,10-11H2,1-3H3,(H,19,20)/t12-/m1/s1. The minimum atomic E-state index is -0.516. The van der Waals surface area contributed by atoms with Crippen molar-refractivity contribution in [1.29, 1.82) is 0 Å². The van der Waals surface area contributed by atoms with E-state index in [1.807, 2.05) is 20.8 Å². The lowest BCUT2D eigenvalue weighted by molar-refractivity contribution is -0.384. The number of hydrogen-bond donors (Lipinski definition) is 1. The van der Waals surface area contributed by atoms with Crippen molar-refractivity contribution in [2.45, 2.75) is 39.2 Å². The van der Waals surface area contributed by atoms with Gasteiger partial charge in [0.1, 0.15) is 5.60 Å². The van der Waals surface area contributed by atoms with Gasteiger partial charge in [0.15, 0.2) is 0 Å². The molecular weight excluding hydrogens is 352 g/mol. The molecule has 9 heteroatoms. The highest BCUT2D eigenvalue weighted by atomic mass is 16.6. The molecule has 0 unspecified atom stereocenters. The Kier molecular flexibility index (Phi) is 5.20. The fourth-order valence-corrected chi connectivity index (χ4v) is 3.05. The fraction of sp³-hybridized carbons (Fsp3) is 0.556. The van der Waals surface area contributed by atoms with Gasteiger partial charge in [-0.1, -0.05) is 0 Å². The van der Waals surface area contributed by atoms with Gasteiger partial charge in [0.2, 0.25) is 0 Å². The zero-order valence-electron chi connectivity index (χ0n) is 15.7. The fourth-order valence-electron chi connectivity index (χ4n) is 3.05. The van der Waals surface area contributed by atoms with Crippen molar-refractivity contribution in [2.75, 3.05) is 19.7 Å². The Hall–Kier alpha value is -2.84. The number of aromatic amines is 1. The van der Waals surface area contributed by atoms with Crippen molar-refractivity contribution in [2.24, 2.45) is 5.92 Å². The number of nitro groups is 1. The summed E-state index contributed by atoms with van der Waals surface area (Å²) in [5, 5.41) is 10.9. The summed E-state index contributed by atoms with van der Waals surface area (Å²) < 4.78 is 11.2. The number of hydrogen-bond acceptors (Lipinski definition) is 6. The van der Waals surface area contributed by atoms with Gasteiger partial charge in [0.25, 0.3) is 11.7 Å². The van der Waals surface area contributed by atoms with Crippen LogP contribution in [0.25, 0.3) is 11.0 Å². The maximum atomic E-state index is 12.2. The van der Waals surface area contributed by atoms with Gasteiger partial charge in [-0.2, -0.15) is 4.98 Å². The van der Waals surface area contributed by atoms with E-state index in [0.717, 1.165) is 12.8 Å². The normalized spacial score (nSPS) is 17.7. The molecule has 2 heterocycles. The monoisotopic (exact) mass is 376 g/mol. The molecule has 1 fully saturated rings. The molecule has 0 saturated carbocycles. The van der Waals surface area contributed by atoms with Crippen LogP contribution in [0.15, 0.2) is 18.2 Å². The van der Waals surface area contributed by atoms with E-state index >= 15 is 0 Å². The van der Waals surface area contributed by atoms with E-state index in [1.54, 1.807) is 11.0 Å². The van der Waals surface area contributed by atoms with Gasteiger partial charge in [-0.3, -0.25) is 10.1 Å². The van der Waals surface area contributed by atoms with Gasteiger partial charge in [-0.25, -0.2) is 4.79 Å². The molecule has 1 aliphatic rings. The topological polar surface area (TPSA) is 111 Å². The van der Waals surface area contributed by atoms with Crippen molar-refractivity contribution in [3.8, 4) is 6.01 Å². The molecule has 0 aliphatic carbocycles. The van der Waals surface area contributed by atoms with E-state index in [1.165, 1.54) is 12.1 Å². The van der Waals surface area contributed by atoms with Crippen LogP contribution in [0.4, 0.5) is 10.5 Å². The zero-order chi connectivity index (χ0) is 19.6. The van der Waals surface area contributed by atoms with E-state index in [2.05, 4.69) is 9.97 Å². The van der Waals surface area contributed by atoms with Gasteiger partial charge in [-0.15, -0.1) is 0 Å². The van der Waals surface area contributed by atoms with Crippen LogP contribution in [-0.4, -0.2) is 51.2 Å². The highest BCUT2D eigenvalue weighted by Gasteiger charge is 2.28. The first-order chi connectivity index (χ1) is 12.7. The number of carbonyl (C=O) groups excluding carboxylic acids is 1. The molecular formula is C18H24N4O5. The lowest BCUT2D eigenvalue weighted by Crippen LogP contribution is -2.44. The number of imidazole rings is 1. The van der Waals surface area contributed by atoms with E-state index in [9.17, 15) is 14.9 Å². The third-order valence-electron chi connectivity index (χ3n) is 4.28. The van der Waals surface area contributed by atoms with Gasteiger partial charge in [0, 0.05) is 31.1 Å². The number of fused-ring (bicyclic) bond motifs is 1. The molecule has 0 radical (unpaired) electrons.